The molecule has 2 heterocycles. The maximum Gasteiger partial charge on any atom is 0.260 e. The quantitative estimate of drug-likeness (QED) is 0.386. The summed E-state index contributed by atoms with van der Waals surface area (Å²) < 4.78 is 0. The second kappa shape index (κ2) is 6.74. The van der Waals surface area contributed by atoms with Crippen molar-refractivity contribution in [3.05, 3.63) is 108 Å². The van der Waals surface area contributed by atoms with E-state index < -0.39 is 0 Å². The van der Waals surface area contributed by atoms with Crippen molar-refractivity contribution >= 4 is 39.0 Å². The third-order valence-corrected chi connectivity index (χ3v) is 6.25. The summed E-state index contributed by atoms with van der Waals surface area (Å²) in [5, 5.41) is 3.36. The van der Waals surface area contributed by atoms with Gasteiger partial charge in [0.1, 0.15) is 6.17 Å². The number of fused-ring (bicyclic) bond motifs is 1. The van der Waals surface area contributed by atoms with E-state index in [1.807, 2.05) is 59.6 Å². The van der Waals surface area contributed by atoms with Crippen molar-refractivity contribution < 1.29 is 4.79 Å². The summed E-state index contributed by atoms with van der Waals surface area (Å²) in [6, 6.07) is 30.3. The predicted molar refractivity (Wildman–Crippen MR) is 127 cm³/mol. The zero-order chi connectivity index (χ0) is 20.9. The highest BCUT2D eigenvalue weighted by molar-refractivity contribution is 6.16. The molecule has 1 amide bonds. The minimum atomic E-state index is -0.274. The second-order valence-electron chi connectivity index (χ2n) is 7.97. The molecular weight excluding hydrogens is 382 g/mol. The van der Waals surface area contributed by atoms with Crippen LogP contribution < -0.4 is 9.80 Å². The molecule has 1 atom stereocenters. The lowest BCUT2D eigenvalue weighted by Gasteiger charge is -2.44. The van der Waals surface area contributed by atoms with Crippen molar-refractivity contribution in [2.24, 2.45) is 0 Å². The maximum absolute atomic E-state index is 13.9. The normalized spacial score (nSPS) is 15.6. The molecule has 0 fully saturated rings. The number of hydrogen-bond acceptors (Lipinski definition) is 2. The summed E-state index contributed by atoms with van der Waals surface area (Å²) in [5.74, 6) is -0.00951. The molecule has 31 heavy (non-hydrogen) atoms. The van der Waals surface area contributed by atoms with Gasteiger partial charge in [-0.05, 0) is 35.7 Å². The highest BCUT2D eigenvalue weighted by Crippen LogP contribution is 2.47. The van der Waals surface area contributed by atoms with Crippen LogP contribution in [0.2, 0.25) is 0 Å². The number of para-hydroxylation sites is 1. The van der Waals surface area contributed by atoms with E-state index in [2.05, 4.69) is 59.4 Å². The third kappa shape index (κ3) is 2.58. The number of carbonyl (C=O) groups is 1. The molecule has 150 valence electrons. The van der Waals surface area contributed by atoms with E-state index >= 15 is 0 Å². The number of aromatic amines is 1. The first-order valence-electron chi connectivity index (χ1n) is 10.4. The monoisotopic (exact) mass is 403 g/mol. The van der Waals surface area contributed by atoms with Gasteiger partial charge in [-0.25, -0.2) is 0 Å². The topological polar surface area (TPSA) is 39.3 Å². The zero-order valence-corrected chi connectivity index (χ0v) is 17.1. The van der Waals surface area contributed by atoms with E-state index in [4.69, 9.17) is 0 Å². The zero-order valence-electron chi connectivity index (χ0n) is 17.1. The maximum atomic E-state index is 13.9. The lowest BCUT2D eigenvalue weighted by atomic mass is 9.97. The van der Waals surface area contributed by atoms with E-state index in [9.17, 15) is 4.79 Å². The first kappa shape index (κ1) is 17.8. The number of rotatable bonds is 2. The van der Waals surface area contributed by atoms with Gasteiger partial charge in [0.05, 0.1) is 5.69 Å². The van der Waals surface area contributed by atoms with Gasteiger partial charge in [0, 0.05) is 46.3 Å². The fraction of sp³-hybridized carbons (Fsp3) is 0.0741. The van der Waals surface area contributed by atoms with Crippen molar-refractivity contribution in [3.63, 3.8) is 0 Å². The lowest BCUT2D eigenvalue weighted by molar-refractivity contribution is 0.0976. The first-order chi connectivity index (χ1) is 15.2. The number of hydrogen-bond donors (Lipinski definition) is 1. The van der Waals surface area contributed by atoms with Gasteiger partial charge in [-0.15, -0.1) is 0 Å². The average molecular weight is 403 g/mol. The molecule has 5 aromatic rings. The fourth-order valence-electron chi connectivity index (χ4n) is 4.83. The Morgan fingerprint density at radius 2 is 1.52 bits per heavy atom. The Bertz CT molecular complexity index is 1430. The van der Waals surface area contributed by atoms with Gasteiger partial charge in [-0.2, -0.15) is 0 Å². The molecule has 4 nitrogen and oxygen atoms in total. The molecule has 1 unspecified atom stereocenters. The number of benzene rings is 4. The van der Waals surface area contributed by atoms with Crippen LogP contribution in [0.4, 0.5) is 11.4 Å². The smallest absolute Gasteiger partial charge is 0.260 e. The predicted octanol–water partition coefficient (Wildman–Crippen LogP) is 6.12. The number of carbonyl (C=O) groups excluding carboxylic acids is 1. The Morgan fingerprint density at radius 3 is 2.32 bits per heavy atom. The molecule has 6 rings (SSSR count). The number of aromatic nitrogens is 1. The van der Waals surface area contributed by atoms with E-state index in [1.54, 1.807) is 0 Å². The number of H-pyrrole nitrogens is 1. The van der Waals surface area contributed by atoms with Crippen LogP contribution in [0.25, 0.3) is 21.7 Å². The number of amides is 1. The number of nitrogens with zero attached hydrogens (tertiary/aromatic N) is 2. The largest absolute Gasteiger partial charge is 0.361 e. The Hall–Kier alpha value is -4.05. The van der Waals surface area contributed by atoms with Crippen molar-refractivity contribution in [1.82, 2.24) is 4.98 Å². The molecule has 0 aliphatic carbocycles. The van der Waals surface area contributed by atoms with Crippen molar-refractivity contribution in [2.75, 3.05) is 16.8 Å². The minimum absolute atomic E-state index is 0.00951. The minimum Gasteiger partial charge on any atom is -0.361 e. The Balaban J connectivity index is 1.65. The van der Waals surface area contributed by atoms with Crippen molar-refractivity contribution in [2.45, 2.75) is 6.17 Å². The molecular formula is C27H21N3O. The van der Waals surface area contributed by atoms with E-state index in [0.717, 1.165) is 38.6 Å². The summed E-state index contributed by atoms with van der Waals surface area (Å²) >= 11 is 0. The molecule has 4 heteroatoms. The third-order valence-electron chi connectivity index (χ3n) is 6.25. The van der Waals surface area contributed by atoms with Gasteiger partial charge in [-0.3, -0.25) is 9.69 Å². The standard InChI is InChI=1S/C27H21N3O/c1-29-23-15-7-11-18-12-8-16-24(25(18)23)30(27(31)19-9-3-2-4-10-19)26(29)21-17-28-22-14-6-5-13-20(21)22/h2-17,26,28H,1H3. The van der Waals surface area contributed by atoms with Crippen LogP contribution in [0, 0.1) is 0 Å². The molecule has 0 saturated carbocycles. The van der Waals surface area contributed by atoms with Crippen LogP contribution >= 0.6 is 0 Å². The first-order valence-corrected chi connectivity index (χ1v) is 10.4. The lowest BCUT2D eigenvalue weighted by Crippen LogP contribution is -2.46. The molecule has 0 saturated heterocycles. The van der Waals surface area contributed by atoms with Crippen molar-refractivity contribution in [3.8, 4) is 0 Å². The molecule has 1 aliphatic rings. The van der Waals surface area contributed by atoms with Gasteiger partial charge >= 0.3 is 0 Å². The summed E-state index contributed by atoms with van der Waals surface area (Å²) in [7, 11) is 2.07. The summed E-state index contributed by atoms with van der Waals surface area (Å²) in [6.07, 6.45) is 1.76. The fourth-order valence-corrected chi connectivity index (χ4v) is 4.83. The Morgan fingerprint density at radius 1 is 0.806 bits per heavy atom. The van der Waals surface area contributed by atoms with E-state index in [-0.39, 0.29) is 12.1 Å². The molecule has 0 bridgehead atoms. The SMILES string of the molecule is CN1c2cccc3cccc(c23)N(C(=O)c2ccccc2)C1c1c[nH]c2ccccc12. The van der Waals surface area contributed by atoms with Crippen LogP contribution in [-0.4, -0.2) is 17.9 Å². The van der Waals surface area contributed by atoms with Gasteiger partial charge < -0.3 is 9.88 Å². The summed E-state index contributed by atoms with van der Waals surface area (Å²) in [4.78, 5) is 21.5. The molecule has 0 spiro atoms. The highest BCUT2D eigenvalue weighted by Gasteiger charge is 2.37. The van der Waals surface area contributed by atoms with E-state index in [1.165, 1.54) is 0 Å². The van der Waals surface area contributed by atoms with Crippen LogP contribution in [0.5, 0.6) is 0 Å². The van der Waals surface area contributed by atoms with Gasteiger partial charge in [0.2, 0.25) is 0 Å². The Labute approximate surface area is 180 Å². The van der Waals surface area contributed by atoms with Gasteiger partial charge in [-0.1, -0.05) is 60.7 Å². The summed E-state index contributed by atoms with van der Waals surface area (Å²) in [5.41, 5.74) is 4.89. The molecule has 4 aromatic carbocycles. The summed E-state index contributed by atoms with van der Waals surface area (Å²) in [6.45, 7) is 0. The molecule has 1 aromatic heterocycles. The van der Waals surface area contributed by atoms with Crippen LogP contribution in [0.15, 0.2) is 97.2 Å². The van der Waals surface area contributed by atoms with Crippen LogP contribution in [0.1, 0.15) is 22.1 Å². The number of nitrogens with one attached hydrogen (secondary N) is 1. The van der Waals surface area contributed by atoms with Crippen LogP contribution in [0.3, 0.4) is 0 Å². The Kier molecular flexibility index (Phi) is 3.87. The molecule has 1 aliphatic heterocycles. The number of anilines is 2. The van der Waals surface area contributed by atoms with Gasteiger partial charge in [0.15, 0.2) is 0 Å². The molecule has 1 N–H and O–H groups in total. The average Bonchev–Trinajstić information content (AvgIpc) is 3.25. The van der Waals surface area contributed by atoms with Gasteiger partial charge in [0.25, 0.3) is 5.91 Å². The molecule has 0 radical (unpaired) electrons. The van der Waals surface area contributed by atoms with E-state index in [0.29, 0.717) is 5.56 Å². The van der Waals surface area contributed by atoms with Crippen molar-refractivity contribution in [1.29, 1.82) is 0 Å². The highest BCUT2D eigenvalue weighted by atomic mass is 16.2. The second-order valence-corrected chi connectivity index (χ2v) is 7.97. The van der Waals surface area contributed by atoms with Crippen LogP contribution in [-0.2, 0) is 0 Å².